The zero-order valence-corrected chi connectivity index (χ0v) is 24.3. The molecule has 2 aliphatic rings. The minimum atomic E-state index is -0.632. The second kappa shape index (κ2) is 14.4. The van der Waals surface area contributed by atoms with Gasteiger partial charge in [0, 0.05) is 48.2 Å². The van der Waals surface area contributed by atoms with Gasteiger partial charge >= 0.3 is 0 Å². The van der Waals surface area contributed by atoms with Crippen molar-refractivity contribution in [3.05, 3.63) is 69.2 Å². The molecule has 2 saturated heterocycles. The van der Waals surface area contributed by atoms with E-state index in [1.165, 1.54) is 16.7 Å². The Morgan fingerprint density at radius 1 is 1.08 bits per heavy atom. The summed E-state index contributed by atoms with van der Waals surface area (Å²) in [7, 11) is 0. The third kappa shape index (κ3) is 8.35. The molecular formula is C28H34Cl2N4O4S. The van der Waals surface area contributed by atoms with Gasteiger partial charge < -0.3 is 20.3 Å². The van der Waals surface area contributed by atoms with Crippen LogP contribution in [0.25, 0.3) is 0 Å². The smallest absolute Gasteiger partial charge is 0.239 e. The molecule has 2 aromatic rings. The Morgan fingerprint density at radius 2 is 1.85 bits per heavy atom. The number of rotatable bonds is 11. The lowest BCUT2D eigenvalue weighted by molar-refractivity contribution is -0.136. The summed E-state index contributed by atoms with van der Waals surface area (Å²) >= 11 is 13.9. The lowest BCUT2D eigenvalue weighted by atomic mass is 10.1. The van der Waals surface area contributed by atoms with Gasteiger partial charge in [0.2, 0.25) is 17.7 Å². The number of hydrogen-bond donors (Lipinski definition) is 2. The van der Waals surface area contributed by atoms with E-state index < -0.39 is 10.6 Å². The Labute approximate surface area is 243 Å². The van der Waals surface area contributed by atoms with Crippen LogP contribution in [0.2, 0.25) is 10.0 Å². The monoisotopic (exact) mass is 592 g/mol. The number of hydrogen-bond acceptors (Lipinski definition) is 6. The Balaban J connectivity index is 1.36. The van der Waals surface area contributed by atoms with Crippen LogP contribution in [-0.4, -0.2) is 78.7 Å². The number of morpholine rings is 1. The van der Waals surface area contributed by atoms with Crippen molar-refractivity contribution in [2.75, 3.05) is 45.9 Å². The van der Waals surface area contributed by atoms with Crippen molar-refractivity contribution in [2.24, 2.45) is 0 Å². The molecule has 39 heavy (non-hydrogen) atoms. The Kier molecular flexibility index (Phi) is 10.9. The van der Waals surface area contributed by atoms with Crippen LogP contribution in [0.5, 0.6) is 0 Å². The first kappa shape index (κ1) is 29.7. The summed E-state index contributed by atoms with van der Waals surface area (Å²) in [6.07, 6.45) is 0.819. The predicted molar refractivity (Wildman–Crippen MR) is 155 cm³/mol. The van der Waals surface area contributed by atoms with E-state index in [9.17, 15) is 14.4 Å². The molecule has 2 N–H and O–H groups in total. The van der Waals surface area contributed by atoms with Gasteiger partial charge in [-0.2, -0.15) is 0 Å². The van der Waals surface area contributed by atoms with Crippen molar-refractivity contribution in [2.45, 2.75) is 36.9 Å². The average molecular weight is 594 g/mol. The minimum Gasteiger partial charge on any atom is -0.379 e. The molecule has 2 aliphatic heterocycles. The zero-order valence-electron chi connectivity index (χ0n) is 22.0. The van der Waals surface area contributed by atoms with Crippen LogP contribution in [0.3, 0.4) is 0 Å². The molecule has 2 aromatic carbocycles. The van der Waals surface area contributed by atoms with E-state index in [4.69, 9.17) is 27.9 Å². The molecule has 8 nitrogen and oxygen atoms in total. The van der Waals surface area contributed by atoms with Gasteiger partial charge in [-0.05, 0) is 43.1 Å². The van der Waals surface area contributed by atoms with Crippen LogP contribution in [0.1, 0.15) is 34.9 Å². The fourth-order valence-electron chi connectivity index (χ4n) is 4.64. The maximum Gasteiger partial charge on any atom is 0.239 e. The third-order valence-electron chi connectivity index (χ3n) is 6.86. The molecule has 11 heteroatoms. The fourth-order valence-corrected chi connectivity index (χ4v) is 6.70. The van der Waals surface area contributed by atoms with E-state index in [2.05, 4.69) is 15.5 Å². The number of carbonyl (C=O) groups excluding carboxylic acids is 3. The van der Waals surface area contributed by atoms with E-state index in [-0.39, 0.29) is 30.7 Å². The van der Waals surface area contributed by atoms with Crippen LogP contribution in [-0.2, 0) is 25.7 Å². The minimum absolute atomic E-state index is 0.00869. The highest BCUT2D eigenvalue weighted by Crippen LogP contribution is 2.46. The SMILES string of the molecule is Cc1ccccc1CNC(=O)C[C@H]1S[C@H](c2ccc(Cl)cc2Cl)N(CC(=O)NCCCN2CCOCC2)C1=O. The van der Waals surface area contributed by atoms with Gasteiger partial charge in [-0.1, -0.05) is 53.5 Å². The molecule has 2 atom stereocenters. The van der Waals surface area contributed by atoms with Crippen LogP contribution in [0, 0.1) is 6.92 Å². The van der Waals surface area contributed by atoms with E-state index in [0.717, 1.165) is 50.4 Å². The highest BCUT2D eigenvalue weighted by molar-refractivity contribution is 8.01. The molecule has 2 fully saturated rings. The van der Waals surface area contributed by atoms with Gasteiger partial charge in [-0.25, -0.2) is 0 Å². The first-order valence-electron chi connectivity index (χ1n) is 13.1. The summed E-state index contributed by atoms with van der Waals surface area (Å²) in [6, 6.07) is 12.9. The first-order valence-corrected chi connectivity index (χ1v) is 14.8. The van der Waals surface area contributed by atoms with Crippen molar-refractivity contribution < 1.29 is 19.1 Å². The molecule has 0 unspecified atom stereocenters. The molecule has 0 aromatic heterocycles. The summed E-state index contributed by atoms with van der Waals surface area (Å²) in [5.74, 6) is -0.726. The second-order valence-electron chi connectivity index (χ2n) is 9.67. The highest BCUT2D eigenvalue weighted by Gasteiger charge is 2.43. The molecule has 0 bridgehead atoms. The fraction of sp³-hybridized carbons (Fsp3) is 0.464. The van der Waals surface area contributed by atoms with E-state index >= 15 is 0 Å². The molecule has 0 radical (unpaired) electrons. The molecule has 0 saturated carbocycles. The number of halogens is 2. The van der Waals surface area contributed by atoms with Gasteiger partial charge in [0.1, 0.15) is 11.9 Å². The summed E-state index contributed by atoms with van der Waals surface area (Å²) in [4.78, 5) is 42.9. The lowest BCUT2D eigenvalue weighted by Crippen LogP contribution is -2.42. The molecule has 0 aliphatic carbocycles. The number of ether oxygens (including phenoxy) is 1. The van der Waals surface area contributed by atoms with E-state index in [0.29, 0.717) is 28.7 Å². The largest absolute Gasteiger partial charge is 0.379 e. The van der Waals surface area contributed by atoms with Gasteiger partial charge in [0.05, 0.1) is 18.5 Å². The highest BCUT2D eigenvalue weighted by atomic mass is 35.5. The Morgan fingerprint density at radius 3 is 2.59 bits per heavy atom. The van der Waals surface area contributed by atoms with Gasteiger partial charge in [-0.15, -0.1) is 11.8 Å². The molecule has 0 spiro atoms. The van der Waals surface area contributed by atoms with Gasteiger partial charge in [0.15, 0.2) is 0 Å². The number of thioether (sulfide) groups is 1. The molecule has 210 valence electrons. The normalized spacial score (nSPS) is 19.8. The summed E-state index contributed by atoms with van der Waals surface area (Å²) in [6.45, 7) is 6.93. The third-order valence-corrected chi connectivity index (χ3v) is 8.89. The van der Waals surface area contributed by atoms with Crippen molar-refractivity contribution in [1.82, 2.24) is 20.4 Å². The first-order chi connectivity index (χ1) is 18.8. The maximum absolute atomic E-state index is 13.5. The van der Waals surface area contributed by atoms with Crippen molar-refractivity contribution in [1.29, 1.82) is 0 Å². The van der Waals surface area contributed by atoms with Gasteiger partial charge in [-0.3, -0.25) is 19.3 Å². The molecule has 3 amide bonds. The zero-order chi connectivity index (χ0) is 27.8. The molecule has 4 rings (SSSR count). The lowest BCUT2D eigenvalue weighted by Gasteiger charge is -2.26. The molecular weight excluding hydrogens is 559 g/mol. The summed E-state index contributed by atoms with van der Waals surface area (Å²) < 4.78 is 5.37. The standard InChI is InChI=1S/C28H34Cl2N4O4S/c1-19-5-2-3-6-20(19)17-32-25(35)16-24-27(37)34(28(39-24)22-8-7-21(29)15-23(22)30)18-26(36)31-9-4-10-33-11-13-38-14-12-33/h2-3,5-8,15,24,28H,4,9-14,16-18H2,1H3,(H,31,36)(H,32,35)/t24-,28-/m1/s1. The quantitative estimate of drug-likeness (QED) is 0.386. The number of nitrogens with zero attached hydrogens (tertiary/aromatic N) is 2. The number of nitrogens with one attached hydrogen (secondary N) is 2. The van der Waals surface area contributed by atoms with Crippen molar-refractivity contribution in [3.63, 3.8) is 0 Å². The Hall–Kier alpha value is -2.30. The number of aryl methyl sites for hydroxylation is 1. The topological polar surface area (TPSA) is 91.0 Å². The number of carbonyl (C=O) groups is 3. The average Bonchev–Trinajstić information content (AvgIpc) is 3.21. The van der Waals surface area contributed by atoms with Gasteiger partial charge in [0.25, 0.3) is 0 Å². The van der Waals surface area contributed by atoms with Crippen molar-refractivity contribution >= 4 is 52.7 Å². The van der Waals surface area contributed by atoms with E-state index in [1.54, 1.807) is 18.2 Å². The summed E-state index contributed by atoms with van der Waals surface area (Å²) in [5, 5.41) is 5.61. The van der Waals surface area contributed by atoms with E-state index in [1.807, 2.05) is 31.2 Å². The molecule has 2 heterocycles. The van der Waals surface area contributed by atoms with Crippen LogP contribution < -0.4 is 10.6 Å². The van der Waals surface area contributed by atoms with Crippen LogP contribution in [0.4, 0.5) is 0 Å². The predicted octanol–water partition coefficient (Wildman–Crippen LogP) is 3.79. The van der Waals surface area contributed by atoms with Crippen LogP contribution in [0.15, 0.2) is 42.5 Å². The van der Waals surface area contributed by atoms with Crippen LogP contribution >= 0.6 is 35.0 Å². The Bertz CT molecular complexity index is 1180. The second-order valence-corrected chi connectivity index (χ2v) is 11.8. The van der Waals surface area contributed by atoms with Crippen molar-refractivity contribution in [3.8, 4) is 0 Å². The number of benzene rings is 2. The number of amides is 3. The summed E-state index contributed by atoms with van der Waals surface area (Å²) in [5.41, 5.74) is 2.79. The maximum atomic E-state index is 13.5.